The summed E-state index contributed by atoms with van der Waals surface area (Å²) in [5.41, 5.74) is 0.447. The van der Waals surface area contributed by atoms with E-state index in [1.54, 1.807) is 32.9 Å². The smallest absolute Gasteiger partial charge is 0.254 e. The van der Waals surface area contributed by atoms with Gasteiger partial charge in [0.05, 0.1) is 5.92 Å². The first-order valence-corrected chi connectivity index (χ1v) is 10.3. The molecule has 1 atom stereocenters. The first-order chi connectivity index (χ1) is 13.2. The fraction of sp³-hybridized carbons (Fsp3) is 0.550. The molecule has 1 aromatic carbocycles. The number of halogens is 2. The number of carbonyl (C=O) groups is 3. The lowest BCUT2D eigenvalue weighted by Gasteiger charge is -2.36. The quantitative estimate of drug-likeness (QED) is 0.744. The van der Waals surface area contributed by atoms with Crippen molar-refractivity contribution in [2.45, 2.75) is 20.3 Å². The second-order valence-electron chi connectivity index (χ2n) is 7.87. The van der Waals surface area contributed by atoms with Crippen molar-refractivity contribution in [1.29, 1.82) is 0 Å². The molecule has 0 saturated carbocycles. The molecular weight excluding hydrogens is 401 g/mol. The van der Waals surface area contributed by atoms with E-state index in [2.05, 4.69) is 13.8 Å². The van der Waals surface area contributed by atoms with E-state index in [1.807, 2.05) is 0 Å². The van der Waals surface area contributed by atoms with E-state index in [0.29, 0.717) is 60.8 Å². The second kappa shape index (κ2) is 8.70. The van der Waals surface area contributed by atoms with Crippen LogP contribution < -0.4 is 0 Å². The van der Waals surface area contributed by atoms with Gasteiger partial charge in [0.15, 0.2) is 0 Å². The molecule has 0 aliphatic carbocycles. The van der Waals surface area contributed by atoms with Gasteiger partial charge in [0, 0.05) is 61.3 Å². The summed E-state index contributed by atoms with van der Waals surface area (Å²) in [5.74, 6) is 0.0273. The summed E-state index contributed by atoms with van der Waals surface area (Å²) in [6.07, 6.45) is 0.283. The Morgan fingerprint density at radius 3 is 2.18 bits per heavy atom. The van der Waals surface area contributed by atoms with Gasteiger partial charge in [-0.3, -0.25) is 14.4 Å². The second-order valence-corrected chi connectivity index (χ2v) is 8.74. The van der Waals surface area contributed by atoms with E-state index in [4.69, 9.17) is 23.2 Å². The van der Waals surface area contributed by atoms with Crippen LogP contribution in [0.25, 0.3) is 0 Å². The normalized spacial score (nSPS) is 20.2. The first kappa shape index (κ1) is 20.9. The van der Waals surface area contributed by atoms with Gasteiger partial charge in [0.1, 0.15) is 0 Å². The van der Waals surface area contributed by atoms with Crippen molar-refractivity contribution >= 4 is 40.9 Å². The van der Waals surface area contributed by atoms with Gasteiger partial charge < -0.3 is 14.7 Å². The van der Waals surface area contributed by atoms with Crippen LogP contribution >= 0.6 is 23.2 Å². The van der Waals surface area contributed by atoms with Crippen LogP contribution in [0.5, 0.6) is 0 Å². The maximum atomic E-state index is 12.8. The Kier molecular flexibility index (Phi) is 6.50. The molecule has 0 N–H and O–H groups in total. The Morgan fingerprint density at radius 1 is 1.04 bits per heavy atom. The monoisotopic (exact) mass is 425 g/mol. The molecule has 152 valence electrons. The van der Waals surface area contributed by atoms with E-state index in [1.165, 1.54) is 0 Å². The zero-order valence-electron chi connectivity index (χ0n) is 16.2. The van der Waals surface area contributed by atoms with Crippen LogP contribution in [-0.2, 0) is 9.59 Å². The molecule has 0 radical (unpaired) electrons. The van der Waals surface area contributed by atoms with Gasteiger partial charge in [0.2, 0.25) is 11.8 Å². The first-order valence-electron chi connectivity index (χ1n) is 9.56. The van der Waals surface area contributed by atoms with Gasteiger partial charge in [-0.15, -0.1) is 0 Å². The molecule has 2 aliphatic heterocycles. The lowest BCUT2D eigenvalue weighted by Crippen LogP contribution is -2.52. The number of carbonyl (C=O) groups excluding carboxylic acids is 3. The van der Waals surface area contributed by atoms with Gasteiger partial charge in [-0.1, -0.05) is 37.0 Å². The van der Waals surface area contributed by atoms with Crippen molar-refractivity contribution in [3.8, 4) is 0 Å². The van der Waals surface area contributed by atoms with Crippen LogP contribution in [0.1, 0.15) is 30.6 Å². The Hall–Kier alpha value is -1.79. The van der Waals surface area contributed by atoms with Gasteiger partial charge in [-0.25, -0.2) is 0 Å². The molecule has 3 amide bonds. The zero-order chi connectivity index (χ0) is 20.4. The highest BCUT2D eigenvalue weighted by Gasteiger charge is 2.37. The molecular formula is C20H25Cl2N3O3. The summed E-state index contributed by atoms with van der Waals surface area (Å²) >= 11 is 12.0. The molecule has 0 aromatic heterocycles. The number of hydrogen-bond donors (Lipinski definition) is 0. The average Bonchev–Trinajstić information content (AvgIpc) is 2.99. The number of nitrogens with zero attached hydrogens (tertiary/aromatic N) is 3. The summed E-state index contributed by atoms with van der Waals surface area (Å²) in [5, 5.41) is 0.836. The van der Waals surface area contributed by atoms with Crippen molar-refractivity contribution < 1.29 is 14.4 Å². The van der Waals surface area contributed by atoms with E-state index < -0.39 is 0 Å². The molecule has 2 fully saturated rings. The Morgan fingerprint density at radius 2 is 1.61 bits per heavy atom. The van der Waals surface area contributed by atoms with E-state index in [0.717, 1.165) is 0 Å². The highest BCUT2D eigenvalue weighted by Crippen LogP contribution is 2.23. The minimum Gasteiger partial charge on any atom is -0.342 e. The topological polar surface area (TPSA) is 60.9 Å². The Balaban J connectivity index is 1.56. The van der Waals surface area contributed by atoms with Crippen molar-refractivity contribution in [2.75, 3.05) is 39.3 Å². The van der Waals surface area contributed by atoms with Crippen LogP contribution in [0.3, 0.4) is 0 Å². The van der Waals surface area contributed by atoms with E-state index >= 15 is 0 Å². The molecule has 6 nitrogen and oxygen atoms in total. The number of hydrogen-bond acceptors (Lipinski definition) is 3. The molecule has 0 spiro atoms. The summed E-state index contributed by atoms with van der Waals surface area (Å²) < 4.78 is 0. The van der Waals surface area contributed by atoms with Crippen molar-refractivity contribution in [3.05, 3.63) is 33.8 Å². The molecule has 8 heteroatoms. The van der Waals surface area contributed by atoms with Crippen LogP contribution in [0.15, 0.2) is 18.2 Å². The van der Waals surface area contributed by atoms with Gasteiger partial charge in [-0.05, 0) is 24.1 Å². The average molecular weight is 426 g/mol. The molecule has 2 saturated heterocycles. The number of amides is 3. The molecule has 1 aromatic rings. The fourth-order valence-corrected chi connectivity index (χ4v) is 4.33. The van der Waals surface area contributed by atoms with Gasteiger partial charge in [-0.2, -0.15) is 0 Å². The Labute approximate surface area is 175 Å². The maximum Gasteiger partial charge on any atom is 0.254 e. The third-order valence-electron chi connectivity index (χ3n) is 5.14. The SMILES string of the molecule is CC(C)CN1C[C@@H](C(=O)N2CCN(C(=O)c3cc(Cl)cc(Cl)c3)CC2)CC1=O. The minimum absolute atomic E-state index is 0.0116. The Bertz CT molecular complexity index is 756. The predicted octanol–water partition coefficient (Wildman–Crippen LogP) is 2.78. The van der Waals surface area contributed by atoms with Gasteiger partial charge in [0.25, 0.3) is 5.91 Å². The molecule has 0 unspecified atom stereocenters. The highest BCUT2D eigenvalue weighted by atomic mass is 35.5. The predicted molar refractivity (Wildman–Crippen MR) is 108 cm³/mol. The number of benzene rings is 1. The van der Waals surface area contributed by atoms with Gasteiger partial charge >= 0.3 is 0 Å². The van der Waals surface area contributed by atoms with Crippen LogP contribution in [-0.4, -0.2) is 71.7 Å². The third-order valence-corrected chi connectivity index (χ3v) is 5.57. The van der Waals surface area contributed by atoms with Crippen molar-refractivity contribution in [2.24, 2.45) is 11.8 Å². The van der Waals surface area contributed by atoms with Crippen LogP contribution in [0.4, 0.5) is 0 Å². The van der Waals surface area contributed by atoms with Crippen LogP contribution in [0, 0.1) is 11.8 Å². The van der Waals surface area contributed by atoms with Crippen molar-refractivity contribution in [1.82, 2.24) is 14.7 Å². The molecule has 0 bridgehead atoms. The fourth-order valence-electron chi connectivity index (χ4n) is 3.80. The maximum absolute atomic E-state index is 12.8. The number of likely N-dealkylation sites (tertiary alicyclic amines) is 1. The van der Waals surface area contributed by atoms with E-state index in [-0.39, 0.29) is 30.1 Å². The van der Waals surface area contributed by atoms with Crippen LogP contribution in [0.2, 0.25) is 10.0 Å². The molecule has 28 heavy (non-hydrogen) atoms. The largest absolute Gasteiger partial charge is 0.342 e. The number of piperazine rings is 1. The summed E-state index contributed by atoms with van der Waals surface area (Å²) in [4.78, 5) is 42.9. The number of rotatable bonds is 4. The third kappa shape index (κ3) is 4.78. The molecule has 2 heterocycles. The molecule has 2 aliphatic rings. The lowest BCUT2D eigenvalue weighted by atomic mass is 10.1. The summed E-state index contributed by atoms with van der Waals surface area (Å²) in [7, 11) is 0. The summed E-state index contributed by atoms with van der Waals surface area (Å²) in [6, 6.07) is 4.78. The molecule has 3 rings (SSSR count). The van der Waals surface area contributed by atoms with Crippen molar-refractivity contribution in [3.63, 3.8) is 0 Å². The lowest BCUT2D eigenvalue weighted by molar-refractivity contribution is -0.137. The minimum atomic E-state index is -0.278. The summed E-state index contributed by atoms with van der Waals surface area (Å²) in [6.45, 7) is 7.14. The standard InChI is InChI=1S/C20H25Cl2N3O3/c1-13(2)11-25-12-15(9-18(25)26)20(28)24-5-3-23(4-6-24)19(27)14-7-16(21)10-17(22)8-14/h7-8,10,13,15H,3-6,9,11-12H2,1-2H3/t15-/m0/s1. The van der Waals surface area contributed by atoms with E-state index in [9.17, 15) is 14.4 Å². The highest BCUT2D eigenvalue weighted by molar-refractivity contribution is 6.35. The zero-order valence-corrected chi connectivity index (χ0v) is 17.7.